The molecule has 3 rings (SSSR count). The molecule has 0 saturated carbocycles. The van der Waals surface area contributed by atoms with E-state index in [0.29, 0.717) is 25.4 Å². The van der Waals surface area contributed by atoms with Crippen molar-refractivity contribution >= 4 is 16.0 Å². The highest BCUT2D eigenvalue weighted by Gasteiger charge is 2.26. The first-order valence-corrected chi connectivity index (χ1v) is 10.0. The monoisotopic (exact) mass is 379 g/mol. The van der Waals surface area contributed by atoms with Gasteiger partial charge in [-0.05, 0) is 31.0 Å². The van der Waals surface area contributed by atoms with Crippen molar-refractivity contribution < 1.29 is 22.4 Å². The second-order valence-corrected chi connectivity index (χ2v) is 7.95. The lowest BCUT2D eigenvalue weighted by molar-refractivity contribution is 0.0436. The number of nitrogens with zero attached hydrogens (tertiary/aromatic N) is 3. The van der Waals surface area contributed by atoms with E-state index < -0.39 is 16.0 Å². The van der Waals surface area contributed by atoms with Crippen LogP contribution in [0.3, 0.4) is 0 Å². The molecule has 1 fully saturated rings. The number of ether oxygens (including phenoxy) is 1. The molecule has 2 aromatic rings. The van der Waals surface area contributed by atoms with Gasteiger partial charge in [-0.25, -0.2) is 13.2 Å². The number of hydrogen-bond donors (Lipinski definition) is 0. The van der Waals surface area contributed by atoms with Crippen LogP contribution in [0.15, 0.2) is 33.6 Å². The van der Waals surface area contributed by atoms with E-state index in [1.54, 1.807) is 0 Å². The maximum atomic E-state index is 12.7. The molecule has 0 atom stereocenters. The highest BCUT2D eigenvalue weighted by atomic mass is 32.2. The van der Waals surface area contributed by atoms with Crippen LogP contribution >= 0.6 is 0 Å². The van der Waals surface area contributed by atoms with E-state index in [1.165, 1.54) is 28.6 Å². The standard InChI is InChI=1S/C17H21N3O5S/c1-2-15-18-19-16(25-15)12-24-17(21)13-7-6-8-14(11-13)26(22,23)20-9-4-3-5-10-20/h6-8,11H,2-5,9-10,12H2,1H3. The molecular formula is C17H21N3O5S. The molecule has 2 heterocycles. The molecule has 1 saturated heterocycles. The zero-order valence-corrected chi connectivity index (χ0v) is 15.4. The van der Waals surface area contributed by atoms with Crippen LogP contribution in [-0.2, 0) is 27.8 Å². The molecule has 0 radical (unpaired) electrons. The molecule has 8 nitrogen and oxygen atoms in total. The van der Waals surface area contributed by atoms with Gasteiger partial charge in [0, 0.05) is 19.5 Å². The Morgan fingerprint density at radius 2 is 1.92 bits per heavy atom. The highest BCUT2D eigenvalue weighted by Crippen LogP contribution is 2.21. The summed E-state index contributed by atoms with van der Waals surface area (Å²) in [5.74, 6) is 0.0231. The number of carbonyl (C=O) groups is 1. The molecule has 0 N–H and O–H groups in total. The molecule has 0 amide bonds. The number of hydrogen-bond acceptors (Lipinski definition) is 7. The van der Waals surface area contributed by atoms with Crippen molar-refractivity contribution in [1.82, 2.24) is 14.5 Å². The number of benzene rings is 1. The summed E-state index contributed by atoms with van der Waals surface area (Å²) >= 11 is 0. The van der Waals surface area contributed by atoms with Crippen LogP contribution in [-0.4, -0.2) is 42.0 Å². The fraction of sp³-hybridized carbons (Fsp3) is 0.471. The summed E-state index contributed by atoms with van der Waals surface area (Å²) in [5.41, 5.74) is 0.165. The van der Waals surface area contributed by atoms with E-state index in [1.807, 2.05) is 6.92 Å². The van der Waals surface area contributed by atoms with E-state index in [2.05, 4.69) is 10.2 Å². The van der Waals surface area contributed by atoms with Gasteiger partial charge in [0.15, 0.2) is 6.61 Å². The van der Waals surface area contributed by atoms with Crippen molar-refractivity contribution in [2.75, 3.05) is 13.1 Å². The van der Waals surface area contributed by atoms with E-state index in [9.17, 15) is 13.2 Å². The van der Waals surface area contributed by atoms with Gasteiger partial charge in [-0.2, -0.15) is 4.31 Å². The SMILES string of the molecule is CCc1nnc(COC(=O)c2cccc(S(=O)(=O)N3CCCCC3)c2)o1. The third-order valence-electron chi connectivity index (χ3n) is 4.16. The summed E-state index contributed by atoms with van der Waals surface area (Å²) in [6.07, 6.45) is 3.33. The van der Waals surface area contributed by atoms with Gasteiger partial charge in [-0.15, -0.1) is 10.2 Å². The van der Waals surface area contributed by atoms with Gasteiger partial charge in [0.1, 0.15) is 0 Å². The molecule has 0 bridgehead atoms. The lowest BCUT2D eigenvalue weighted by atomic mass is 10.2. The van der Waals surface area contributed by atoms with Crippen LogP contribution in [0.25, 0.3) is 0 Å². The van der Waals surface area contributed by atoms with Gasteiger partial charge in [0.25, 0.3) is 5.89 Å². The lowest BCUT2D eigenvalue weighted by Gasteiger charge is -2.25. The summed E-state index contributed by atoms with van der Waals surface area (Å²) in [6, 6.07) is 5.89. The van der Waals surface area contributed by atoms with Crippen LogP contribution in [0, 0.1) is 0 Å². The summed E-state index contributed by atoms with van der Waals surface area (Å²) < 4.78 is 37.3. The van der Waals surface area contributed by atoms with Crippen molar-refractivity contribution in [3.8, 4) is 0 Å². The molecule has 26 heavy (non-hydrogen) atoms. The largest absolute Gasteiger partial charge is 0.452 e. The molecule has 0 aliphatic carbocycles. The normalized spacial score (nSPS) is 15.7. The van der Waals surface area contributed by atoms with Crippen LogP contribution < -0.4 is 0 Å². The van der Waals surface area contributed by atoms with Gasteiger partial charge in [0.2, 0.25) is 15.9 Å². The van der Waals surface area contributed by atoms with Gasteiger partial charge in [0.05, 0.1) is 10.5 Å². The van der Waals surface area contributed by atoms with Crippen LogP contribution in [0.5, 0.6) is 0 Å². The average molecular weight is 379 g/mol. The molecule has 140 valence electrons. The predicted molar refractivity (Wildman–Crippen MR) is 91.8 cm³/mol. The lowest BCUT2D eigenvalue weighted by Crippen LogP contribution is -2.35. The number of aromatic nitrogens is 2. The van der Waals surface area contributed by atoms with Gasteiger partial charge < -0.3 is 9.15 Å². The van der Waals surface area contributed by atoms with Crippen LogP contribution in [0.1, 0.15) is 48.3 Å². The fourth-order valence-corrected chi connectivity index (χ4v) is 4.30. The zero-order chi connectivity index (χ0) is 18.6. The Bertz CT molecular complexity index is 872. The molecule has 0 unspecified atom stereocenters. The van der Waals surface area contributed by atoms with Crippen molar-refractivity contribution in [1.29, 1.82) is 0 Å². The Morgan fingerprint density at radius 1 is 1.19 bits per heavy atom. The Morgan fingerprint density at radius 3 is 2.62 bits per heavy atom. The van der Waals surface area contributed by atoms with Gasteiger partial charge in [-0.1, -0.05) is 19.4 Å². The molecule has 0 spiro atoms. The molecular weight excluding hydrogens is 358 g/mol. The Kier molecular flexibility index (Phi) is 5.67. The van der Waals surface area contributed by atoms with Crippen molar-refractivity contribution in [2.45, 2.75) is 44.1 Å². The number of aryl methyl sites for hydroxylation is 1. The molecule has 1 aliphatic heterocycles. The minimum Gasteiger partial charge on any atom is -0.452 e. The number of rotatable bonds is 6. The third kappa shape index (κ3) is 4.10. The minimum absolute atomic E-state index is 0.0971. The van der Waals surface area contributed by atoms with Crippen molar-refractivity contribution in [2.24, 2.45) is 0 Å². The Balaban J connectivity index is 1.70. The fourth-order valence-electron chi connectivity index (χ4n) is 2.74. The number of carbonyl (C=O) groups excluding carboxylic acids is 1. The summed E-state index contributed by atoms with van der Waals surface area (Å²) in [7, 11) is -3.60. The molecule has 1 aromatic heterocycles. The summed E-state index contributed by atoms with van der Waals surface area (Å²) in [5, 5.41) is 7.56. The molecule has 1 aromatic carbocycles. The minimum atomic E-state index is -3.60. The van der Waals surface area contributed by atoms with E-state index in [-0.39, 0.29) is 23.0 Å². The maximum absolute atomic E-state index is 12.7. The van der Waals surface area contributed by atoms with E-state index in [4.69, 9.17) is 9.15 Å². The zero-order valence-electron chi connectivity index (χ0n) is 14.6. The average Bonchev–Trinajstić information content (AvgIpc) is 3.15. The first-order chi connectivity index (χ1) is 12.5. The Hall–Kier alpha value is -2.26. The summed E-state index contributed by atoms with van der Waals surface area (Å²) in [4.78, 5) is 12.3. The van der Waals surface area contributed by atoms with E-state index in [0.717, 1.165) is 19.3 Å². The van der Waals surface area contributed by atoms with Crippen LogP contribution in [0.2, 0.25) is 0 Å². The van der Waals surface area contributed by atoms with Crippen molar-refractivity contribution in [3.63, 3.8) is 0 Å². The highest BCUT2D eigenvalue weighted by molar-refractivity contribution is 7.89. The summed E-state index contributed by atoms with van der Waals surface area (Å²) in [6.45, 7) is 2.73. The van der Waals surface area contributed by atoms with Gasteiger partial charge >= 0.3 is 5.97 Å². The van der Waals surface area contributed by atoms with Crippen LogP contribution in [0.4, 0.5) is 0 Å². The van der Waals surface area contributed by atoms with Gasteiger partial charge in [-0.3, -0.25) is 0 Å². The van der Waals surface area contributed by atoms with E-state index >= 15 is 0 Å². The second-order valence-electron chi connectivity index (χ2n) is 6.01. The first kappa shape index (κ1) is 18.5. The second kappa shape index (κ2) is 7.96. The van der Waals surface area contributed by atoms with Crippen molar-refractivity contribution in [3.05, 3.63) is 41.6 Å². The number of sulfonamides is 1. The first-order valence-electron chi connectivity index (χ1n) is 8.59. The quantitative estimate of drug-likeness (QED) is 0.709. The molecule has 9 heteroatoms. The predicted octanol–water partition coefficient (Wildman–Crippen LogP) is 2.16. The number of esters is 1. The maximum Gasteiger partial charge on any atom is 0.338 e. The Labute approximate surface area is 152 Å². The third-order valence-corrected chi connectivity index (χ3v) is 6.06. The topological polar surface area (TPSA) is 103 Å². The smallest absolute Gasteiger partial charge is 0.338 e. The molecule has 1 aliphatic rings. The number of piperidine rings is 1.